The zero-order valence-corrected chi connectivity index (χ0v) is 14.2. The summed E-state index contributed by atoms with van der Waals surface area (Å²) in [5.74, 6) is 0.795. The first-order chi connectivity index (χ1) is 9.43. The predicted octanol–water partition coefficient (Wildman–Crippen LogP) is 2.34. The van der Waals surface area contributed by atoms with Gasteiger partial charge in [-0.15, -0.1) is 0 Å². The molecule has 20 heavy (non-hydrogen) atoms. The summed E-state index contributed by atoms with van der Waals surface area (Å²) in [5, 5.41) is 3.29. The number of nitrogens with zero attached hydrogens (tertiary/aromatic N) is 1. The molecule has 0 aliphatic heterocycles. The van der Waals surface area contributed by atoms with Crippen molar-refractivity contribution in [3.63, 3.8) is 0 Å². The van der Waals surface area contributed by atoms with Gasteiger partial charge in [0.15, 0.2) is 0 Å². The van der Waals surface area contributed by atoms with Crippen molar-refractivity contribution in [1.82, 2.24) is 9.62 Å². The Balaban J connectivity index is 2.98. The second-order valence-corrected chi connectivity index (χ2v) is 7.70. The van der Waals surface area contributed by atoms with Gasteiger partial charge in [-0.25, -0.2) is 12.7 Å². The van der Waals surface area contributed by atoms with Crippen molar-refractivity contribution in [2.75, 3.05) is 32.1 Å². The molecule has 6 heteroatoms. The van der Waals surface area contributed by atoms with Gasteiger partial charge >= 0.3 is 0 Å². The summed E-state index contributed by atoms with van der Waals surface area (Å²) in [6.07, 6.45) is 1.97. The molecule has 0 spiro atoms. The lowest BCUT2D eigenvalue weighted by atomic mass is 10.1. The Morgan fingerprint density at radius 2 is 2.10 bits per heavy atom. The van der Waals surface area contributed by atoms with Crippen LogP contribution < -0.4 is 5.32 Å². The fourth-order valence-electron chi connectivity index (χ4n) is 1.89. The largest absolute Gasteiger partial charge is 0.310 e. The van der Waals surface area contributed by atoms with Crippen molar-refractivity contribution in [3.05, 3.63) is 29.8 Å². The van der Waals surface area contributed by atoms with Crippen LogP contribution in [0.25, 0.3) is 0 Å². The Morgan fingerprint density at radius 3 is 2.70 bits per heavy atom. The molecule has 0 saturated heterocycles. The molecular weight excluding hydrogens is 292 g/mol. The van der Waals surface area contributed by atoms with Crippen LogP contribution in [0.4, 0.5) is 0 Å². The second-order valence-electron chi connectivity index (χ2n) is 4.67. The van der Waals surface area contributed by atoms with Crippen molar-refractivity contribution >= 4 is 21.8 Å². The molecule has 114 valence electrons. The molecule has 0 aliphatic rings. The van der Waals surface area contributed by atoms with Crippen LogP contribution in [0.1, 0.15) is 25.5 Å². The Morgan fingerprint density at radius 1 is 1.40 bits per heavy atom. The van der Waals surface area contributed by atoms with E-state index in [0.29, 0.717) is 11.4 Å². The highest BCUT2D eigenvalue weighted by atomic mass is 32.2. The van der Waals surface area contributed by atoms with E-state index < -0.39 is 10.0 Å². The second kappa shape index (κ2) is 8.02. The fourth-order valence-corrected chi connectivity index (χ4v) is 3.69. The molecule has 1 rings (SSSR count). The SMILES string of the molecule is CCNC(C)c1cccc(S(=O)(=O)N(C)CCSC)c1. The predicted molar refractivity (Wildman–Crippen MR) is 86.7 cm³/mol. The van der Waals surface area contributed by atoms with Crippen molar-refractivity contribution in [2.24, 2.45) is 0 Å². The van der Waals surface area contributed by atoms with Crippen LogP contribution in [-0.2, 0) is 10.0 Å². The molecule has 1 unspecified atom stereocenters. The van der Waals surface area contributed by atoms with Crippen LogP contribution in [0, 0.1) is 0 Å². The molecule has 1 N–H and O–H groups in total. The number of rotatable bonds is 8. The van der Waals surface area contributed by atoms with Crippen molar-refractivity contribution in [1.29, 1.82) is 0 Å². The number of thioether (sulfide) groups is 1. The summed E-state index contributed by atoms with van der Waals surface area (Å²) >= 11 is 1.64. The highest BCUT2D eigenvalue weighted by molar-refractivity contribution is 7.98. The third-order valence-electron chi connectivity index (χ3n) is 3.19. The highest BCUT2D eigenvalue weighted by Crippen LogP contribution is 2.20. The van der Waals surface area contributed by atoms with E-state index in [1.165, 1.54) is 4.31 Å². The van der Waals surface area contributed by atoms with Crippen LogP contribution in [0.5, 0.6) is 0 Å². The van der Waals surface area contributed by atoms with E-state index in [2.05, 4.69) is 5.32 Å². The number of hydrogen-bond acceptors (Lipinski definition) is 4. The molecule has 1 aromatic carbocycles. The summed E-state index contributed by atoms with van der Waals surface area (Å²) in [6, 6.07) is 7.32. The van der Waals surface area contributed by atoms with Gasteiger partial charge in [-0.05, 0) is 37.4 Å². The number of nitrogens with one attached hydrogen (secondary N) is 1. The maximum Gasteiger partial charge on any atom is 0.242 e. The maximum atomic E-state index is 12.5. The zero-order valence-electron chi connectivity index (χ0n) is 12.6. The van der Waals surface area contributed by atoms with Gasteiger partial charge < -0.3 is 5.32 Å². The number of benzene rings is 1. The number of sulfonamides is 1. The standard InChI is InChI=1S/C14H24N2O2S2/c1-5-15-12(2)13-7-6-8-14(11-13)20(17,18)16(3)9-10-19-4/h6-8,11-12,15H,5,9-10H2,1-4H3. The Bertz CT molecular complexity index is 518. The van der Waals surface area contributed by atoms with Gasteiger partial charge in [0.2, 0.25) is 10.0 Å². The first kappa shape index (κ1) is 17.5. The molecule has 0 fully saturated rings. The van der Waals surface area contributed by atoms with E-state index >= 15 is 0 Å². The van der Waals surface area contributed by atoms with Gasteiger partial charge in [-0.2, -0.15) is 11.8 Å². The smallest absolute Gasteiger partial charge is 0.242 e. The molecule has 0 saturated carbocycles. The van der Waals surface area contributed by atoms with E-state index in [0.717, 1.165) is 17.9 Å². The van der Waals surface area contributed by atoms with Crippen molar-refractivity contribution in [3.8, 4) is 0 Å². The average Bonchev–Trinajstić information content (AvgIpc) is 2.45. The van der Waals surface area contributed by atoms with E-state index in [4.69, 9.17) is 0 Å². The summed E-state index contributed by atoms with van der Waals surface area (Å²) < 4.78 is 26.4. The van der Waals surface area contributed by atoms with E-state index in [1.54, 1.807) is 37.0 Å². The van der Waals surface area contributed by atoms with Crippen molar-refractivity contribution < 1.29 is 8.42 Å². The van der Waals surface area contributed by atoms with Gasteiger partial charge in [0, 0.05) is 25.4 Å². The van der Waals surface area contributed by atoms with Crippen LogP contribution >= 0.6 is 11.8 Å². The summed E-state index contributed by atoms with van der Waals surface area (Å²) in [6.45, 7) is 5.45. The van der Waals surface area contributed by atoms with Crippen LogP contribution in [0.2, 0.25) is 0 Å². The minimum atomic E-state index is -3.39. The van der Waals surface area contributed by atoms with Gasteiger partial charge in [0.25, 0.3) is 0 Å². The molecule has 0 aliphatic carbocycles. The minimum absolute atomic E-state index is 0.145. The third-order valence-corrected chi connectivity index (χ3v) is 5.63. The average molecular weight is 316 g/mol. The van der Waals surface area contributed by atoms with Crippen LogP contribution in [-0.4, -0.2) is 44.9 Å². The first-order valence-corrected chi connectivity index (χ1v) is 9.55. The van der Waals surface area contributed by atoms with Crippen LogP contribution in [0.3, 0.4) is 0 Å². The van der Waals surface area contributed by atoms with Gasteiger partial charge in [0.05, 0.1) is 4.90 Å². The van der Waals surface area contributed by atoms with Crippen molar-refractivity contribution in [2.45, 2.75) is 24.8 Å². The first-order valence-electron chi connectivity index (χ1n) is 6.72. The highest BCUT2D eigenvalue weighted by Gasteiger charge is 2.21. The van der Waals surface area contributed by atoms with Gasteiger partial charge in [-0.1, -0.05) is 19.1 Å². The summed E-state index contributed by atoms with van der Waals surface area (Å²) in [4.78, 5) is 0.364. The molecule has 1 atom stereocenters. The Hall–Kier alpha value is -0.560. The Kier molecular flexibility index (Phi) is 7.02. The summed E-state index contributed by atoms with van der Waals surface area (Å²) in [7, 11) is -1.76. The normalized spacial score (nSPS) is 13.7. The lowest BCUT2D eigenvalue weighted by Crippen LogP contribution is -2.29. The summed E-state index contributed by atoms with van der Waals surface area (Å²) in [5.41, 5.74) is 0.992. The molecule has 0 heterocycles. The Labute approximate surface area is 127 Å². The lowest BCUT2D eigenvalue weighted by Gasteiger charge is -2.18. The molecule has 0 aromatic heterocycles. The quantitative estimate of drug-likeness (QED) is 0.800. The van der Waals surface area contributed by atoms with E-state index in [1.807, 2.05) is 26.2 Å². The third kappa shape index (κ3) is 4.48. The monoisotopic (exact) mass is 316 g/mol. The maximum absolute atomic E-state index is 12.5. The van der Waals surface area contributed by atoms with Crippen LogP contribution in [0.15, 0.2) is 29.2 Å². The van der Waals surface area contributed by atoms with Gasteiger partial charge in [0.1, 0.15) is 0 Å². The van der Waals surface area contributed by atoms with E-state index in [9.17, 15) is 8.42 Å². The lowest BCUT2D eigenvalue weighted by molar-refractivity contribution is 0.488. The molecule has 4 nitrogen and oxygen atoms in total. The minimum Gasteiger partial charge on any atom is -0.310 e. The van der Waals surface area contributed by atoms with E-state index in [-0.39, 0.29) is 6.04 Å². The molecule has 1 aromatic rings. The fraction of sp³-hybridized carbons (Fsp3) is 0.571. The topological polar surface area (TPSA) is 49.4 Å². The molecule has 0 radical (unpaired) electrons. The molecule has 0 bridgehead atoms. The number of hydrogen-bond donors (Lipinski definition) is 1. The van der Waals surface area contributed by atoms with Gasteiger partial charge in [-0.3, -0.25) is 0 Å². The molecule has 0 amide bonds. The zero-order chi connectivity index (χ0) is 15.2. The molecular formula is C14H24N2O2S2.